The van der Waals surface area contributed by atoms with E-state index in [0.29, 0.717) is 6.61 Å². The van der Waals surface area contributed by atoms with Crippen molar-refractivity contribution in [2.24, 2.45) is 0 Å². The van der Waals surface area contributed by atoms with Gasteiger partial charge in [-0.05, 0) is 27.6 Å². The highest BCUT2D eigenvalue weighted by molar-refractivity contribution is 9.10. The third kappa shape index (κ3) is 3.25. The second-order valence-electron chi connectivity index (χ2n) is 3.92. The van der Waals surface area contributed by atoms with Crippen molar-refractivity contribution in [3.8, 4) is 0 Å². The van der Waals surface area contributed by atoms with E-state index in [1.165, 1.54) is 5.56 Å². The number of morpholine rings is 1. The molecule has 5 heteroatoms. The predicted octanol–water partition coefficient (Wildman–Crippen LogP) is 1.04. The van der Waals surface area contributed by atoms with Gasteiger partial charge in [0.15, 0.2) is 0 Å². The highest BCUT2D eigenvalue weighted by atomic mass is 79.9. The maximum Gasteiger partial charge on any atom is 0.0933 e. The van der Waals surface area contributed by atoms with Crippen molar-refractivity contribution >= 4 is 15.9 Å². The highest BCUT2D eigenvalue weighted by Gasteiger charge is 2.19. The third-order valence-corrected chi connectivity index (χ3v) is 3.03. The van der Waals surface area contributed by atoms with Crippen LogP contribution < -0.4 is 0 Å². The zero-order chi connectivity index (χ0) is 11.4. The Kier molecular flexibility index (Phi) is 4.29. The second kappa shape index (κ2) is 5.72. The van der Waals surface area contributed by atoms with E-state index in [0.717, 1.165) is 24.1 Å². The minimum atomic E-state index is -0.0473. The van der Waals surface area contributed by atoms with Crippen molar-refractivity contribution in [3.05, 3.63) is 28.5 Å². The van der Waals surface area contributed by atoms with Crippen LogP contribution in [0.2, 0.25) is 0 Å². The first-order valence-electron chi connectivity index (χ1n) is 5.32. The molecule has 0 aromatic carbocycles. The number of halogens is 1. The summed E-state index contributed by atoms with van der Waals surface area (Å²) >= 11 is 3.41. The van der Waals surface area contributed by atoms with E-state index >= 15 is 0 Å². The number of hydrogen-bond donors (Lipinski definition) is 1. The van der Waals surface area contributed by atoms with Crippen LogP contribution in [0.1, 0.15) is 5.56 Å². The van der Waals surface area contributed by atoms with Gasteiger partial charge in [0, 0.05) is 36.5 Å². The van der Waals surface area contributed by atoms with Crippen LogP contribution in [-0.4, -0.2) is 47.4 Å². The van der Waals surface area contributed by atoms with E-state index in [1.54, 1.807) is 6.20 Å². The Bertz CT molecular complexity index is 349. The molecular weight excluding hydrogens is 272 g/mol. The summed E-state index contributed by atoms with van der Waals surface area (Å²) in [6.45, 7) is 3.32. The van der Waals surface area contributed by atoms with Crippen molar-refractivity contribution in [3.63, 3.8) is 0 Å². The third-order valence-electron chi connectivity index (χ3n) is 2.59. The van der Waals surface area contributed by atoms with Gasteiger partial charge in [0.25, 0.3) is 0 Å². The van der Waals surface area contributed by atoms with Crippen LogP contribution in [0.4, 0.5) is 0 Å². The average molecular weight is 287 g/mol. The molecule has 0 saturated carbocycles. The molecule has 1 N–H and O–H groups in total. The number of nitrogens with zero attached hydrogens (tertiary/aromatic N) is 2. The Hall–Kier alpha value is -0.490. The molecule has 1 atom stereocenters. The lowest BCUT2D eigenvalue weighted by atomic mass is 10.2. The summed E-state index contributed by atoms with van der Waals surface area (Å²) in [6.07, 6.45) is 3.60. The number of ether oxygens (including phenoxy) is 1. The molecular formula is C11H15BrN2O2. The Morgan fingerprint density at radius 1 is 1.56 bits per heavy atom. The van der Waals surface area contributed by atoms with Gasteiger partial charge in [-0.3, -0.25) is 9.88 Å². The highest BCUT2D eigenvalue weighted by Crippen LogP contribution is 2.13. The van der Waals surface area contributed by atoms with Crippen molar-refractivity contribution in [1.29, 1.82) is 0 Å². The number of rotatable bonds is 3. The molecule has 0 aliphatic carbocycles. The Morgan fingerprint density at radius 2 is 2.44 bits per heavy atom. The van der Waals surface area contributed by atoms with E-state index in [9.17, 15) is 0 Å². The maximum atomic E-state index is 9.05. The molecule has 1 fully saturated rings. The lowest BCUT2D eigenvalue weighted by Gasteiger charge is -2.31. The number of aromatic nitrogens is 1. The molecule has 4 nitrogen and oxygen atoms in total. The molecule has 88 valence electrons. The van der Waals surface area contributed by atoms with Crippen LogP contribution in [0.15, 0.2) is 22.9 Å². The fourth-order valence-corrected chi connectivity index (χ4v) is 2.25. The molecule has 0 amide bonds. The number of pyridine rings is 1. The number of aliphatic hydroxyl groups is 1. The van der Waals surface area contributed by atoms with Gasteiger partial charge in [-0.25, -0.2) is 0 Å². The van der Waals surface area contributed by atoms with Crippen LogP contribution in [0.25, 0.3) is 0 Å². The molecule has 1 aromatic rings. The minimum Gasteiger partial charge on any atom is -0.394 e. The van der Waals surface area contributed by atoms with Crippen LogP contribution in [0.3, 0.4) is 0 Å². The average Bonchev–Trinajstić information content (AvgIpc) is 2.29. The molecule has 1 aliphatic heterocycles. The van der Waals surface area contributed by atoms with Crippen LogP contribution in [0.5, 0.6) is 0 Å². The van der Waals surface area contributed by atoms with Gasteiger partial charge in [0.05, 0.1) is 19.3 Å². The molecule has 1 aromatic heterocycles. The standard InChI is InChI=1S/C11H15BrN2O2/c12-10-3-9(4-13-5-10)6-14-1-2-16-11(7-14)8-15/h3-5,11,15H,1-2,6-8H2. The Labute approximate surface area is 103 Å². The van der Waals surface area contributed by atoms with Gasteiger partial charge >= 0.3 is 0 Å². The Morgan fingerprint density at radius 3 is 3.19 bits per heavy atom. The van der Waals surface area contributed by atoms with Crippen molar-refractivity contribution in [2.75, 3.05) is 26.3 Å². The lowest BCUT2D eigenvalue weighted by Crippen LogP contribution is -2.43. The van der Waals surface area contributed by atoms with Crippen LogP contribution in [0, 0.1) is 0 Å². The van der Waals surface area contributed by atoms with E-state index in [1.807, 2.05) is 6.20 Å². The van der Waals surface area contributed by atoms with Crippen molar-refractivity contribution in [1.82, 2.24) is 9.88 Å². The van der Waals surface area contributed by atoms with Crippen LogP contribution in [-0.2, 0) is 11.3 Å². The molecule has 1 aliphatic rings. The maximum absolute atomic E-state index is 9.05. The van der Waals surface area contributed by atoms with Crippen molar-refractivity contribution in [2.45, 2.75) is 12.6 Å². The van der Waals surface area contributed by atoms with Gasteiger partial charge < -0.3 is 9.84 Å². The minimum absolute atomic E-state index is 0.0473. The second-order valence-corrected chi connectivity index (χ2v) is 4.84. The molecule has 1 saturated heterocycles. The molecule has 1 unspecified atom stereocenters. The quantitative estimate of drug-likeness (QED) is 0.902. The molecule has 0 radical (unpaired) electrons. The normalized spacial score (nSPS) is 22.2. The predicted molar refractivity (Wildman–Crippen MR) is 64.0 cm³/mol. The van der Waals surface area contributed by atoms with E-state index < -0.39 is 0 Å². The summed E-state index contributed by atoms with van der Waals surface area (Å²) in [5, 5.41) is 9.05. The Balaban J connectivity index is 1.94. The van der Waals surface area contributed by atoms with Gasteiger partial charge in [-0.1, -0.05) is 0 Å². The molecule has 16 heavy (non-hydrogen) atoms. The summed E-state index contributed by atoms with van der Waals surface area (Å²) in [5.74, 6) is 0. The molecule has 0 bridgehead atoms. The lowest BCUT2D eigenvalue weighted by molar-refractivity contribution is -0.0551. The van der Waals surface area contributed by atoms with Crippen LogP contribution >= 0.6 is 15.9 Å². The first-order chi connectivity index (χ1) is 7.78. The number of aliphatic hydroxyl groups excluding tert-OH is 1. The van der Waals surface area contributed by atoms with Crippen molar-refractivity contribution < 1.29 is 9.84 Å². The summed E-state index contributed by atoms with van der Waals surface area (Å²) < 4.78 is 6.40. The summed E-state index contributed by atoms with van der Waals surface area (Å²) in [6, 6.07) is 2.07. The smallest absolute Gasteiger partial charge is 0.0933 e. The monoisotopic (exact) mass is 286 g/mol. The van der Waals surface area contributed by atoms with Gasteiger partial charge in [-0.15, -0.1) is 0 Å². The molecule has 0 spiro atoms. The largest absolute Gasteiger partial charge is 0.394 e. The summed E-state index contributed by atoms with van der Waals surface area (Å²) in [4.78, 5) is 6.41. The van der Waals surface area contributed by atoms with Gasteiger partial charge in [0.2, 0.25) is 0 Å². The molecule has 2 rings (SSSR count). The fraction of sp³-hybridized carbons (Fsp3) is 0.545. The zero-order valence-electron chi connectivity index (χ0n) is 8.97. The summed E-state index contributed by atoms with van der Waals surface area (Å²) in [5.41, 5.74) is 1.17. The zero-order valence-corrected chi connectivity index (χ0v) is 10.6. The first-order valence-corrected chi connectivity index (χ1v) is 6.11. The summed E-state index contributed by atoms with van der Waals surface area (Å²) in [7, 11) is 0. The van der Waals surface area contributed by atoms with E-state index in [2.05, 4.69) is 31.9 Å². The number of hydrogen-bond acceptors (Lipinski definition) is 4. The SMILES string of the molecule is OCC1CN(Cc2cncc(Br)c2)CCO1. The topological polar surface area (TPSA) is 45.6 Å². The molecule has 2 heterocycles. The van der Waals surface area contributed by atoms with Gasteiger partial charge in [0.1, 0.15) is 0 Å². The van der Waals surface area contributed by atoms with E-state index in [4.69, 9.17) is 9.84 Å². The fourth-order valence-electron chi connectivity index (χ4n) is 1.84. The van der Waals surface area contributed by atoms with E-state index in [-0.39, 0.29) is 12.7 Å². The van der Waals surface area contributed by atoms with Gasteiger partial charge in [-0.2, -0.15) is 0 Å². The first kappa shape index (κ1) is 12.0.